The second kappa shape index (κ2) is 28.1. The molecule has 4 rings (SSSR count). The monoisotopic (exact) mass is 810 g/mol. The summed E-state index contributed by atoms with van der Waals surface area (Å²) in [5.41, 5.74) is 2.63. The summed E-state index contributed by atoms with van der Waals surface area (Å²) >= 11 is 0. The molecule has 0 bridgehead atoms. The Hall–Kier alpha value is -2.43. The van der Waals surface area contributed by atoms with Gasteiger partial charge in [0, 0.05) is 0 Å². The summed E-state index contributed by atoms with van der Waals surface area (Å²) in [4.78, 5) is 0. The molecule has 2 unspecified atom stereocenters. The van der Waals surface area contributed by atoms with Crippen LogP contribution >= 0.6 is 7.82 Å². The summed E-state index contributed by atoms with van der Waals surface area (Å²) in [5, 5.41) is 24.0. The normalized spacial score (nSPS) is 21.2. The highest BCUT2D eigenvalue weighted by atomic mass is 31.2. The summed E-state index contributed by atoms with van der Waals surface area (Å²) in [5.74, 6) is 0. The zero-order valence-corrected chi connectivity index (χ0v) is 35.6. The second-order valence-electron chi connectivity index (χ2n) is 15.4. The van der Waals surface area contributed by atoms with Crippen LogP contribution in [-0.4, -0.2) is 60.1 Å². The summed E-state index contributed by atoms with van der Waals surface area (Å²) in [6.45, 7) is 5.21. The highest BCUT2D eigenvalue weighted by molar-refractivity contribution is 7.48. The van der Waals surface area contributed by atoms with Gasteiger partial charge < -0.3 is 24.4 Å². The Balaban J connectivity index is 1.55. The van der Waals surface area contributed by atoms with E-state index in [1.165, 1.54) is 51.4 Å². The zero-order chi connectivity index (χ0) is 40.4. The summed E-state index contributed by atoms with van der Waals surface area (Å²) in [7, 11) is -4.25. The van der Waals surface area contributed by atoms with Crippen LogP contribution < -0.4 is 0 Å². The van der Waals surface area contributed by atoms with Crippen LogP contribution in [0, 0.1) is 0 Å². The molecule has 0 heterocycles. The van der Waals surface area contributed by atoms with Gasteiger partial charge in [0.1, 0.15) is 36.6 Å². The Morgan fingerprint density at radius 1 is 0.439 bits per heavy atom. The van der Waals surface area contributed by atoms with Gasteiger partial charge in [-0.3, -0.25) is 13.6 Å². The fourth-order valence-corrected chi connectivity index (χ4v) is 8.67. The summed E-state index contributed by atoms with van der Waals surface area (Å²) in [6.07, 6.45) is 10.3. The molecule has 3 aromatic carbocycles. The van der Waals surface area contributed by atoms with Crippen LogP contribution in [-0.2, 0) is 52.2 Å². The highest BCUT2D eigenvalue weighted by Gasteiger charge is 2.55. The third-order valence-corrected chi connectivity index (χ3v) is 12.1. The van der Waals surface area contributed by atoms with Gasteiger partial charge in [0.05, 0.1) is 33.0 Å². The molecule has 2 N–H and O–H groups in total. The second-order valence-corrected chi connectivity index (χ2v) is 17.0. The molecule has 1 aliphatic carbocycles. The number of aliphatic hydroxyl groups excluding tert-OH is 2. The molecule has 1 saturated carbocycles. The highest BCUT2D eigenvalue weighted by Crippen LogP contribution is 2.53. The average Bonchev–Trinajstić information content (AvgIpc) is 3.23. The van der Waals surface area contributed by atoms with Crippen molar-refractivity contribution in [3.63, 3.8) is 0 Å². The molecule has 6 atom stereocenters. The number of ether oxygens (including phenoxy) is 3. The standard InChI is InChI=1S/C47H71O9P/c1-3-5-7-9-11-13-15-26-34-54-57(50,55-35-27-16-14-12-10-8-6-4-2)56-47-45(52-37-40-30-22-18-23-31-40)42(48)44(51-36-39-28-20-17-21-29-39)43(49)46(47)53-38-41-32-24-19-25-33-41/h17-25,28-33,42-49H,3-16,26-27,34-38H2,1-2H3/t42-,43+,44?,45+,46-,47?. The number of aliphatic hydroxyl groups is 2. The van der Waals surface area contributed by atoms with Gasteiger partial charge in [-0.2, -0.15) is 0 Å². The van der Waals surface area contributed by atoms with Gasteiger partial charge in [0.2, 0.25) is 0 Å². The minimum absolute atomic E-state index is 0.123. The molecule has 0 amide bonds. The number of unbranched alkanes of at least 4 members (excludes halogenated alkanes) is 14. The lowest BCUT2D eigenvalue weighted by atomic mass is 9.84. The first-order valence-electron chi connectivity index (χ1n) is 21.8. The number of hydrogen-bond donors (Lipinski definition) is 2. The molecule has 0 radical (unpaired) electrons. The third kappa shape index (κ3) is 17.8. The van der Waals surface area contributed by atoms with Gasteiger partial charge in [-0.1, -0.05) is 195 Å². The van der Waals surface area contributed by atoms with E-state index in [1.807, 2.05) is 91.0 Å². The molecule has 1 aliphatic rings. The van der Waals surface area contributed by atoms with Gasteiger partial charge in [0.25, 0.3) is 0 Å². The van der Waals surface area contributed by atoms with Crippen molar-refractivity contribution >= 4 is 7.82 Å². The van der Waals surface area contributed by atoms with Crippen LogP contribution in [0.5, 0.6) is 0 Å². The van der Waals surface area contributed by atoms with E-state index in [2.05, 4.69) is 13.8 Å². The van der Waals surface area contributed by atoms with Gasteiger partial charge in [0.15, 0.2) is 0 Å². The van der Waals surface area contributed by atoms with Crippen LogP contribution in [0.4, 0.5) is 0 Å². The number of rotatable bonds is 31. The summed E-state index contributed by atoms with van der Waals surface area (Å²) in [6, 6.07) is 28.8. The maximum atomic E-state index is 14.8. The molecule has 318 valence electrons. The lowest BCUT2D eigenvalue weighted by molar-refractivity contribution is -0.259. The predicted molar refractivity (Wildman–Crippen MR) is 227 cm³/mol. The third-order valence-electron chi connectivity index (χ3n) is 10.6. The van der Waals surface area contributed by atoms with Crippen LogP contribution in [0.15, 0.2) is 91.0 Å². The van der Waals surface area contributed by atoms with Crippen molar-refractivity contribution in [3.05, 3.63) is 108 Å². The van der Waals surface area contributed by atoms with Gasteiger partial charge in [-0.15, -0.1) is 0 Å². The Labute approximate surface area is 343 Å². The Morgan fingerprint density at radius 2 is 0.754 bits per heavy atom. The first-order chi connectivity index (χ1) is 27.9. The van der Waals surface area contributed by atoms with Crippen molar-refractivity contribution in [3.8, 4) is 0 Å². The largest absolute Gasteiger partial charge is 0.475 e. The van der Waals surface area contributed by atoms with Crippen LogP contribution in [0.25, 0.3) is 0 Å². The van der Waals surface area contributed by atoms with Gasteiger partial charge in [-0.05, 0) is 29.5 Å². The van der Waals surface area contributed by atoms with E-state index in [-0.39, 0.29) is 33.0 Å². The first-order valence-corrected chi connectivity index (χ1v) is 23.3. The van der Waals surface area contributed by atoms with Crippen molar-refractivity contribution in [1.82, 2.24) is 0 Å². The molecule has 57 heavy (non-hydrogen) atoms. The lowest BCUT2D eigenvalue weighted by Gasteiger charge is -2.47. The van der Waals surface area contributed by atoms with E-state index in [0.717, 1.165) is 55.2 Å². The topological polar surface area (TPSA) is 113 Å². The minimum atomic E-state index is -4.25. The van der Waals surface area contributed by atoms with Crippen LogP contribution in [0.2, 0.25) is 0 Å². The molecule has 0 aromatic heterocycles. The van der Waals surface area contributed by atoms with Gasteiger partial charge >= 0.3 is 7.82 Å². The minimum Gasteiger partial charge on any atom is -0.387 e. The smallest absolute Gasteiger partial charge is 0.387 e. The molecular weight excluding hydrogens is 739 g/mol. The van der Waals surface area contributed by atoms with Crippen LogP contribution in [0.1, 0.15) is 133 Å². The molecule has 0 saturated heterocycles. The Bertz CT molecular complexity index is 1380. The number of phosphoric ester groups is 1. The number of benzene rings is 3. The molecule has 10 heteroatoms. The molecular formula is C47H71O9P. The number of hydrogen-bond acceptors (Lipinski definition) is 9. The van der Waals surface area contributed by atoms with E-state index in [0.29, 0.717) is 12.8 Å². The fraction of sp³-hybridized carbons (Fsp3) is 0.617. The van der Waals surface area contributed by atoms with Crippen LogP contribution in [0.3, 0.4) is 0 Å². The maximum absolute atomic E-state index is 14.8. The quantitative estimate of drug-likeness (QED) is 0.0484. The van der Waals surface area contributed by atoms with Crippen molar-refractivity contribution in [1.29, 1.82) is 0 Å². The lowest BCUT2D eigenvalue weighted by Crippen LogP contribution is -2.66. The van der Waals surface area contributed by atoms with E-state index in [9.17, 15) is 14.8 Å². The molecule has 0 spiro atoms. The SMILES string of the molecule is CCCCCCCCCCOP(=O)(OCCCCCCCCCC)OC1[C@@H](OCc2ccccc2)[C@H](O)C(OCc2ccccc2)[C@H](O)[C@H]1OCc1ccccc1. The Morgan fingerprint density at radius 3 is 1.11 bits per heavy atom. The first kappa shape index (κ1) is 47.3. The van der Waals surface area contributed by atoms with Gasteiger partial charge in [-0.25, -0.2) is 4.57 Å². The number of phosphoric acid groups is 1. The van der Waals surface area contributed by atoms with E-state index < -0.39 is 44.4 Å². The fourth-order valence-electron chi connectivity index (χ4n) is 7.23. The Kier molecular flexibility index (Phi) is 23.3. The average molecular weight is 811 g/mol. The molecule has 0 aliphatic heterocycles. The van der Waals surface area contributed by atoms with Crippen molar-refractivity contribution < 1.29 is 42.6 Å². The zero-order valence-electron chi connectivity index (χ0n) is 34.7. The summed E-state index contributed by atoms with van der Waals surface area (Å²) < 4.78 is 52.6. The molecule has 1 fully saturated rings. The van der Waals surface area contributed by atoms with E-state index in [1.54, 1.807) is 0 Å². The van der Waals surface area contributed by atoms with E-state index in [4.69, 9.17) is 27.8 Å². The van der Waals surface area contributed by atoms with Crippen molar-refractivity contribution in [2.75, 3.05) is 13.2 Å². The maximum Gasteiger partial charge on any atom is 0.475 e. The van der Waals surface area contributed by atoms with E-state index >= 15 is 0 Å². The van der Waals surface area contributed by atoms with Crippen molar-refractivity contribution in [2.24, 2.45) is 0 Å². The van der Waals surface area contributed by atoms with Crippen molar-refractivity contribution in [2.45, 2.75) is 173 Å². The molecule has 3 aromatic rings. The predicted octanol–water partition coefficient (Wildman–Crippen LogP) is 11.3. The molecule has 9 nitrogen and oxygen atoms in total.